The second-order valence-electron chi connectivity index (χ2n) is 11.8. The average molecular weight is 694 g/mol. The van der Waals surface area contributed by atoms with Crippen LogP contribution in [0.4, 0.5) is 4.79 Å². The van der Waals surface area contributed by atoms with Gasteiger partial charge in [0.15, 0.2) is 17.4 Å². The molecule has 1 amide bonds. The largest absolute Gasteiger partial charge is 0.475 e. The van der Waals surface area contributed by atoms with E-state index in [1.54, 1.807) is 58.0 Å². The molecule has 2 aromatic carbocycles. The molecule has 0 aliphatic carbocycles. The Kier molecular flexibility index (Phi) is 12.7. The van der Waals surface area contributed by atoms with Gasteiger partial charge in [-0.3, -0.25) is 9.59 Å². The standard InChI is InChI=1S/C33H40ClNO13/c1-7-43-27(37)23(28(38)44-8-2)18-45-30(41)33(29(39)40)46-25-13-12-20(15-26(25)47-33)14-19(3)35(31(42)48-32(4,5)6)17-24(36)21-10-9-11-22(34)16-21/h9-13,15-16,19,23-24,36H,7-8,14,17-18H2,1-6H3,(H,39,40). The van der Waals surface area contributed by atoms with Crippen LogP contribution < -0.4 is 9.47 Å². The van der Waals surface area contributed by atoms with Gasteiger partial charge in [-0.15, -0.1) is 0 Å². The molecule has 0 saturated heterocycles. The Morgan fingerprint density at radius 1 is 0.938 bits per heavy atom. The van der Waals surface area contributed by atoms with Gasteiger partial charge in [-0.1, -0.05) is 29.8 Å². The lowest BCUT2D eigenvalue weighted by atomic mass is 10.0. The molecule has 0 aromatic heterocycles. The predicted octanol–water partition coefficient (Wildman–Crippen LogP) is 4.08. The molecule has 0 spiro atoms. The van der Waals surface area contributed by atoms with Gasteiger partial charge in [-0.2, -0.15) is 0 Å². The molecule has 15 heteroatoms. The zero-order valence-corrected chi connectivity index (χ0v) is 28.3. The average Bonchev–Trinajstić information content (AvgIpc) is 3.39. The van der Waals surface area contributed by atoms with Gasteiger partial charge in [0.1, 0.15) is 12.2 Å². The van der Waals surface area contributed by atoms with Crippen LogP contribution in [0.25, 0.3) is 0 Å². The van der Waals surface area contributed by atoms with Gasteiger partial charge in [0.25, 0.3) is 0 Å². The van der Waals surface area contributed by atoms with Crippen molar-refractivity contribution < 1.29 is 62.6 Å². The van der Waals surface area contributed by atoms with Gasteiger partial charge in [0, 0.05) is 11.1 Å². The number of hydrogen-bond donors (Lipinski definition) is 2. The van der Waals surface area contributed by atoms with Gasteiger partial charge in [0.2, 0.25) is 0 Å². The topological polar surface area (TPSA) is 184 Å². The second-order valence-corrected chi connectivity index (χ2v) is 12.3. The quantitative estimate of drug-likeness (QED) is 0.164. The summed E-state index contributed by atoms with van der Waals surface area (Å²) in [5.74, 6) is -10.3. The molecule has 2 aromatic rings. The van der Waals surface area contributed by atoms with Crippen molar-refractivity contribution in [2.45, 2.75) is 71.5 Å². The first-order valence-corrected chi connectivity index (χ1v) is 15.6. The van der Waals surface area contributed by atoms with E-state index < -0.39 is 66.0 Å². The first kappa shape index (κ1) is 37.9. The Balaban J connectivity index is 1.80. The van der Waals surface area contributed by atoms with E-state index in [2.05, 4.69) is 0 Å². The van der Waals surface area contributed by atoms with Crippen molar-refractivity contribution in [3.63, 3.8) is 0 Å². The summed E-state index contributed by atoms with van der Waals surface area (Å²) >= 11 is 6.09. The van der Waals surface area contributed by atoms with Gasteiger partial charge < -0.3 is 43.5 Å². The minimum atomic E-state index is -2.98. The van der Waals surface area contributed by atoms with Crippen molar-refractivity contribution in [3.8, 4) is 11.5 Å². The number of halogens is 1. The lowest BCUT2D eigenvalue weighted by Crippen LogP contribution is -2.55. The normalized spacial score (nSPS) is 16.4. The number of carbonyl (C=O) groups is 5. The fraction of sp³-hybridized carbons (Fsp3) is 0.485. The molecule has 1 aliphatic heterocycles. The van der Waals surface area contributed by atoms with E-state index in [9.17, 15) is 34.2 Å². The lowest BCUT2D eigenvalue weighted by molar-refractivity contribution is -0.200. The van der Waals surface area contributed by atoms with Crippen molar-refractivity contribution in [2.24, 2.45) is 5.92 Å². The molecule has 0 fully saturated rings. The van der Waals surface area contributed by atoms with E-state index >= 15 is 0 Å². The number of carboxylic acid groups (broad SMARTS) is 1. The van der Waals surface area contributed by atoms with Crippen molar-refractivity contribution in [1.29, 1.82) is 0 Å². The highest BCUT2D eigenvalue weighted by Gasteiger charge is 2.59. The maximum absolute atomic E-state index is 13.3. The summed E-state index contributed by atoms with van der Waals surface area (Å²) in [6, 6.07) is 10.5. The number of fused-ring (bicyclic) bond motifs is 1. The van der Waals surface area contributed by atoms with Crippen molar-refractivity contribution in [2.75, 3.05) is 26.4 Å². The number of rotatable bonds is 14. The number of esters is 3. The van der Waals surface area contributed by atoms with E-state index in [1.165, 1.54) is 30.9 Å². The number of ether oxygens (including phenoxy) is 6. The van der Waals surface area contributed by atoms with E-state index in [0.29, 0.717) is 16.1 Å². The Morgan fingerprint density at radius 3 is 2.12 bits per heavy atom. The Hall–Kier alpha value is -4.56. The molecule has 48 heavy (non-hydrogen) atoms. The molecule has 14 nitrogen and oxygen atoms in total. The summed E-state index contributed by atoms with van der Waals surface area (Å²) in [5, 5.41) is 21.4. The number of hydrogen-bond acceptors (Lipinski definition) is 12. The second kappa shape index (κ2) is 16.0. The SMILES string of the molecule is CCOC(=O)C(COC(=O)C1(C(=O)O)Oc2ccc(CC(C)N(CC(O)c3cccc(Cl)c3)C(=O)OC(C)(C)C)cc2O1)C(=O)OCC. The van der Waals surface area contributed by atoms with Gasteiger partial charge in [0.05, 0.1) is 25.9 Å². The molecule has 3 rings (SSSR count). The summed E-state index contributed by atoms with van der Waals surface area (Å²) in [6.07, 6.45) is -1.58. The number of aliphatic hydroxyl groups excluding tert-OH is 1. The fourth-order valence-corrected chi connectivity index (χ4v) is 4.81. The van der Waals surface area contributed by atoms with Crippen LogP contribution in [0, 0.1) is 5.92 Å². The number of nitrogens with zero attached hydrogens (tertiary/aromatic N) is 1. The lowest BCUT2D eigenvalue weighted by Gasteiger charge is -2.33. The molecule has 262 valence electrons. The number of carboxylic acids is 1. The van der Waals surface area contributed by atoms with Crippen molar-refractivity contribution in [3.05, 3.63) is 58.6 Å². The highest BCUT2D eigenvalue weighted by molar-refractivity contribution is 6.30. The smallest absolute Gasteiger partial charge is 0.453 e. The van der Waals surface area contributed by atoms with Crippen LogP contribution >= 0.6 is 11.6 Å². The van der Waals surface area contributed by atoms with E-state index in [4.69, 9.17) is 40.0 Å². The molecule has 3 unspecified atom stereocenters. The van der Waals surface area contributed by atoms with Crippen LogP contribution in [0.15, 0.2) is 42.5 Å². The highest BCUT2D eigenvalue weighted by Crippen LogP contribution is 2.41. The summed E-state index contributed by atoms with van der Waals surface area (Å²) in [6.45, 7) is 8.75. The first-order chi connectivity index (χ1) is 22.5. The number of benzene rings is 2. The van der Waals surface area contributed by atoms with Crippen LogP contribution in [0.1, 0.15) is 58.8 Å². The van der Waals surface area contributed by atoms with Gasteiger partial charge in [-0.25, -0.2) is 14.4 Å². The van der Waals surface area contributed by atoms with Crippen LogP contribution in [-0.4, -0.2) is 88.9 Å². The van der Waals surface area contributed by atoms with E-state index in [-0.39, 0.29) is 37.7 Å². The third kappa shape index (κ3) is 9.50. The van der Waals surface area contributed by atoms with Crippen molar-refractivity contribution >= 4 is 41.6 Å². The van der Waals surface area contributed by atoms with Crippen LogP contribution in [0.5, 0.6) is 11.5 Å². The van der Waals surface area contributed by atoms with Crippen LogP contribution in [0.2, 0.25) is 5.02 Å². The molecule has 0 radical (unpaired) electrons. The summed E-state index contributed by atoms with van der Waals surface area (Å²) < 4.78 is 31.2. The third-order valence-corrected chi connectivity index (χ3v) is 7.12. The molecule has 2 N–H and O–H groups in total. The molecule has 1 aliphatic rings. The molecular formula is C33H40ClNO13. The zero-order chi connectivity index (χ0) is 35.8. The Bertz CT molecular complexity index is 1490. The van der Waals surface area contributed by atoms with E-state index in [0.717, 1.165) is 0 Å². The maximum atomic E-state index is 13.3. The maximum Gasteiger partial charge on any atom is 0.453 e. The third-order valence-electron chi connectivity index (χ3n) is 6.88. The summed E-state index contributed by atoms with van der Waals surface area (Å²) in [5.41, 5.74) is 0.227. The van der Waals surface area contributed by atoms with Gasteiger partial charge in [-0.05, 0) is 83.4 Å². The molecule has 0 bridgehead atoms. The highest BCUT2D eigenvalue weighted by atomic mass is 35.5. The first-order valence-electron chi connectivity index (χ1n) is 15.2. The minimum Gasteiger partial charge on any atom is -0.475 e. The summed E-state index contributed by atoms with van der Waals surface area (Å²) in [4.78, 5) is 64.5. The summed E-state index contributed by atoms with van der Waals surface area (Å²) in [7, 11) is 0. The van der Waals surface area contributed by atoms with Crippen LogP contribution in [0.3, 0.4) is 0 Å². The van der Waals surface area contributed by atoms with Crippen molar-refractivity contribution in [1.82, 2.24) is 4.90 Å². The van der Waals surface area contributed by atoms with E-state index in [1.807, 2.05) is 0 Å². The zero-order valence-electron chi connectivity index (χ0n) is 27.5. The predicted molar refractivity (Wildman–Crippen MR) is 168 cm³/mol. The Labute approximate surface area is 282 Å². The Morgan fingerprint density at radius 2 is 1.56 bits per heavy atom. The molecule has 0 saturated carbocycles. The number of aliphatic carboxylic acids is 1. The number of carbonyl (C=O) groups excluding carboxylic acids is 4. The molecular weight excluding hydrogens is 654 g/mol. The number of amides is 1. The number of aliphatic hydroxyl groups is 1. The molecule has 3 atom stereocenters. The molecule has 1 heterocycles. The fourth-order valence-electron chi connectivity index (χ4n) is 4.62. The minimum absolute atomic E-state index is 0.0672. The van der Waals surface area contributed by atoms with Crippen LogP contribution in [-0.2, 0) is 44.5 Å². The monoisotopic (exact) mass is 693 g/mol. The van der Waals surface area contributed by atoms with Gasteiger partial charge >= 0.3 is 35.8 Å².